The number of nitrogens with zero attached hydrogens (tertiary/aromatic N) is 2. The van der Waals surface area contributed by atoms with Crippen molar-refractivity contribution >= 4 is 11.9 Å². The zero-order valence-electron chi connectivity index (χ0n) is 15.8. The molecule has 1 aromatic carbocycles. The minimum atomic E-state index is -0.390. The molecule has 1 amide bonds. The molecule has 0 aromatic heterocycles. The first-order valence-electron chi connectivity index (χ1n) is 9.35. The Bertz CT molecular complexity index is 636. The monoisotopic (exact) mass is 360 g/mol. The summed E-state index contributed by atoms with van der Waals surface area (Å²) in [5.74, 6) is -0.350. The maximum atomic E-state index is 12.9. The highest BCUT2D eigenvalue weighted by atomic mass is 16.5. The number of carbonyl (C=O) groups is 2. The Hall–Kier alpha value is -1.92. The highest BCUT2D eigenvalue weighted by Gasteiger charge is 2.32. The van der Waals surface area contributed by atoms with Crippen molar-refractivity contribution < 1.29 is 19.1 Å². The van der Waals surface area contributed by atoms with Gasteiger partial charge in [0.2, 0.25) is 0 Å². The number of amides is 1. The van der Waals surface area contributed by atoms with Gasteiger partial charge in [0.15, 0.2) is 0 Å². The third kappa shape index (κ3) is 4.24. The van der Waals surface area contributed by atoms with Crippen LogP contribution in [0.25, 0.3) is 0 Å². The molecular weight excluding hydrogens is 332 g/mol. The Balaban J connectivity index is 1.65. The van der Waals surface area contributed by atoms with Gasteiger partial charge in [-0.2, -0.15) is 0 Å². The van der Waals surface area contributed by atoms with E-state index >= 15 is 0 Å². The highest BCUT2D eigenvalue weighted by molar-refractivity contribution is 5.96. The molecule has 2 heterocycles. The number of methoxy groups -OCH3 is 1. The largest absolute Gasteiger partial charge is 0.465 e. The van der Waals surface area contributed by atoms with Crippen LogP contribution in [-0.2, 0) is 9.47 Å². The first-order valence-corrected chi connectivity index (χ1v) is 9.35. The molecule has 1 aromatic rings. The summed E-state index contributed by atoms with van der Waals surface area (Å²) in [6.07, 6.45) is 2.53. The van der Waals surface area contributed by atoms with E-state index in [4.69, 9.17) is 9.47 Å². The molecule has 26 heavy (non-hydrogen) atoms. The van der Waals surface area contributed by atoms with Gasteiger partial charge >= 0.3 is 5.97 Å². The van der Waals surface area contributed by atoms with E-state index in [1.807, 2.05) is 4.90 Å². The van der Waals surface area contributed by atoms with Crippen molar-refractivity contribution in [2.75, 3.05) is 33.3 Å². The van der Waals surface area contributed by atoms with Crippen molar-refractivity contribution in [1.29, 1.82) is 0 Å². The lowest BCUT2D eigenvalue weighted by atomic mass is 10.1. The van der Waals surface area contributed by atoms with E-state index < -0.39 is 5.97 Å². The number of benzene rings is 1. The third-order valence-corrected chi connectivity index (χ3v) is 5.16. The van der Waals surface area contributed by atoms with Crippen molar-refractivity contribution in [3.63, 3.8) is 0 Å². The number of esters is 1. The molecule has 142 valence electrons. The maximum Gasteiger partial charge on any atom is 0.337 e. The summed E-state index contributed by atoms with van der Waals surface area (Å²) in [7, 11) is 1.35. The minimum absolute atomic E-state index is 0.0401. The second kappa shape index (κ2) is 8.18. The molecule has 6 heteroatoms. The Labute approximate surface area is 155 Å². The fraction of sp³-hybridized carbons (Fsp3) is 0.600. The normalized spacial score (nSPS) is 26.7. The number of likely N-dealkylation sites (tertiary alicyclic amines) is 1. The summed E-state index contributed by atoms with van der Waals surface area (Å²) >= 11 is 0. The van der Waals surface area contributed by atoms with Gasteiger partial charge in [-0.05, 0) is 51.0 Å². The lowest BCUT2D eigenvalue weighted by molar-refractivity contribution is -0.0715. The Kier molecular flexibility index (Phi) is 5.94. The molecule has 3 atom stereocenters. The van der Waals surface area contributed by atoms with Crippen LogP contribution in [0.15, 0.2) is 24.3 Å². The van der Waals surface area contributed by atoms with Crippen molar-refractivity contribution in [2.24, 2.45) is 0 Å². The van der Waals surface area contributed by atoms with E-state index in [1.165, 1.54) is 7.11 Å². The van der Waals surface area contributed by atoms with Crippen molar-refractivity contribution in [3.8, 4) is 0 Å². The van der Waals surface area contributed by atoms with Crippen molar-refractivity contribution in [1.82, 2.24) is 9.80 Å². The molecule has 2 saturated heterocycles. The fourth-order valence-electron chi connectivity index (χ4n) is 4.06. The van der Waals surface area contributed by atoms with Crippen LogP contribution in [0.4, 0.5) is 0 Å². The summed E-state index contributed by atoms with van der Waals surface area (Å²) < 4.78 is 10.5. The van der Waals surface area contributed by atoms with Crippen LogP contribution in [0, 0.1) is 0 Å². The molecule has 0 aliphatic carbocycles. The van der Waals surface area contributed by atoms with Crippen LogP contribution in [0.5, 0.6) is 0 Å². The molecule has 0 spiro atoms. The maximum absolute atomic E-state index is 12.9. The average molecular weight is 360 g/mol. The van der Waals surface area contributed by atoms with Crippen LogP contribution >= 0.6 is 0 Å². The van der Waals surface area contributed by atoms with Crippen LogP contribution in [0.1, 0.15) is 47.4 Å². The van der Waals surface area contributed by atoms with Gasteiger partial charge in [0.05, 0.1) is 24.9 Å². The molecule has 0 bridgehead atoms. The van der Waals surface area contributed by atoms with Crippen LogP contribution in [0.2, 0.25) is 0 Å². The lowest BCUT2D eigenvalue weighted by Crippen LogP contribution is -2.50. The summed E-state index contributed by atoms with van der Waals surface area (Å²) in [4.78, 5) is 28.9. The molecule has 0 radical (unpaired) electrons. The molecule has 6 nitrogen and oxygen atoms in total. The Morgan fingerprint density at radius 2 is 1.73 bits per heavy atom. The van der Waals surface area contributed by atoms with Gasteiger partial charge in [0, 0.05) is 37.8 Å². The second-order valence-electron chi connectivity index (χ2n) is 7.34. The topological polar surface area (TPSA) is 59.1 Å². The zero-order chi connectivity index (χ0) is 18.7. The van der Waals surface area contributed by atoms with Gasteiger partial charge in [0.25, 0.3) is 5.91 Å². The SMILES string of the molecule is COC(=O)c1ccc(C(=O)N2CCC[C@@H]2CN2C[C@@H](C)O[C@@H](C)C2)cc1. The smallest absolute Gasteiger partial charge is 0.337 e. The van der Waals surface area contributed by atoms with E-state index in [1.54, 1.807) is 24.3 Å². The number of carbonyl (C=O) groups excluding carboxylic acids is 2. The standard InChI is InChI=1S/C20H28N2O4/c1-14-11-21(12-15(2)26-14)13-18-5-4-10-22(18)19(23)16-6-8-17(9-7-16)20(24)25-3/h6-9,14-15,18H,4-5,10-13H2,1-3H3/t14-,15+,18-/m1/s1. The average Bonchev–Trinajstić information content (AvgIpc) is 3.07. The van der Waals surface area contributed by atoms with Gasteiger partial charge in [-0.1, -0.05) is 0 Å². The van der Waals surface area contributed by atoms with Gasteiger partial charge in [-0.25, -0.2) is 4.79 Å². The summed E-state index contributed by atoms with van der Waals surface area (Å²) in [5.41, 5.74) is 1.08. The van der Waals surface area contributed by atoms with E-state index in [0.29, 0.717) is 11.1 Å². The number of morpholine rings is 1. The molecule has 0 unspecified atom stereocenters. The van der Waals surface area contributed by atoms with Crippen LogP contribution < -0.4 is 0 Å². The first kappa shape index (κ1) is 18.9. The molecule has 3 rings (SSSR count). The number of hydrogen-bond donors (Lipinski definition) is 0. The van der Waals surface area contributed by atoms with Gasteiger partial charge in [-0.15, -0.1) is 0 Å². The van der Waals surface area contributed by atoms with Gasteiger partial charge in [0.1, 0.15) is 0 Å². The first-order chi connectivity index (χ1) is 12.5. The van der Waals surface area contributed by atoms with Gasteiger partial charge in [-0.3, -0.25) is 9.69 Å². The van der Waals surface area contributed by atoms with E-state index in [0.717, 1.165) is 39.0 Å². The molecule has 2 fully saturated rings. The number of rotatable bonds is 4. The summed E-state index contributed by atoms with van der Waals surface area (Å²) in [6.45, 7) is 7.71. The van der Waals surface area contributed by atoms with Crippen molar-refractivity contribution in [2.45, 2.75) is 44.9 Å². The third-order valence-electron chi connectivity index (χ3n) is 5.16. The highest BCUT2D eigenvalue weighted by Crippen LogP contribution is 2.23. The number of hydrogen-bond acceptors (Lipinski definition) is 5. The minimum Gasteiger partial charge on any atom is -0.465 e. The lowest BCUT2D eigenvalue weighted by Gasteiger charge is -2.38. The Morgan fingerprint density at radius 3 is 2.35 bits per heavy atom. The van der Waals surface area contributed by atoms with Crippen molar-refractivity contribution in [3.05, 3.63) is 35.4 Å². The number of ether oxygens (including phenoxy) is 2. The van der Waals surface area contributed by atoms with Crippen LogP contribution in [0.3, 0.4) is 0 Å². The predicted molar refractivity (Wildman–Crippen MR) is 98.3 cm³/mol. The fourth-order valence-corrected chi connectivity index (χ4v) is 4.06. The quantitative estimate of drug-likeness (QED) is 0.771. The van der Waals surface area contributed by atoms with E-state index in [-0.39, 0.29) is 24.2 Å². The van der Waals surface area contributed by atoms with E-state index in [9.17, 15) is 9.59 Å². The predicted octanol–water partition coefficient (Wildman–Crippen LogP) is 2.19. The zero-order valence-corrected chi connectivity index (χ0v) is 15.8. The molecule has 2 aliphatic rings. The second-order valence-corrected chi connectivity index (χ2v) is 7.34. The van der Waals surface area contributed by atoms with Crippen LogP contribution in [-0.4, -0.2) is 73.2 Å². The van der Waals surface area contributed by atoms with Gasteiger partial charge < -0.3 is 14.4 Å². The Morgan fingerprint density at radius 1 is 1.12 bits per heavy atom. The molecule has 0 N–H and O–H groups in total. The molecule has 0 saturated carbocycles. The summed E-state index contributed by atoms with van der Waals surface area (Å²) in [6, 6.07) is 6.96. The van der Waals surface area contributed by atoms with E-state index in [2.05, 4.69) is 18.7 Å². The molecule has 2 aliphatic heterocycles. The summed E-state index contributed by atoms with van der Waals surface area (Å²) in [5, 5.41) is 0. The molecular formula is C20H28N2O4.